The Bertz CT molecular complexity index is 1060. The van der Waals surface area contributed by atoms with E-state index in [1.54, 1.807) is 0 Å². The van der Waals surface area contributed by atoms with E-state index in [0.717, 1.165) is 23.2 Å². The van der Waals surface area contributed by atoms with Gasteiger partial charge in [0.05, 0.1) is 11.2 Å². The Hall–Kier alpha value is -2.93. The van der Waals surface area contributed by atoms with Crippen LogP contribution in [0.25, 0.3) is 33.3 Å². The first-order valence-electron chi connectivity index (χ1n) is 9.22. The summed E-state index contributed by atoms with van der Waals surface area (Å²) in [5, 5.41) is 1.23. The van der Waals surface area contributed by atoms with Crippen molar-refractivity contribution in [2.75, 3.05) is 0 Å². The van der Waals surface area contributed by atoms with Gasteiger partial charge < -0.3 is 0 Å². The predicted molar refractivity (Wildman–Crippen MR) is 111 cm³/mol. The molecule has 4 aromatic rings. The van der Waals surface area contributed by atoms with Crippen molar-refractivity contribution >= 4 is 10.9 Å². The standard InChI is InChI=1S/C25H23N/c1-4-19-9-14-24-23(15-19)22(20-10-5-17(2)6-11-20)16-25(26-24)21-12-7-18(3)8-13-21/h5-16H,4H2,1-3H3. The van der Waals surface area contributed by atoms with Gasteiger partial charge in [0.1, 0.15) is 0 Å². The zero-order valence-electron chi connectivity index (χ0n) is 15.6. The first-order valence-corrected chi connectivity index (χ1v) is 9.22. The van der Waals surface area contributed by atoms with Crippen molar-refractivity contribution in [3.05, 3.63) is 89.5 Å². The lowest BCUT2D eigenvalue weighted by atomic mass is 9.96. The molecule has 0 N–H and O–H groups in total. The third-order valence-corrected chi connectivity index (χ3v) is 4.99. The molecule has 0 radical (unpaired) electrons. The number of pyridine rings is 1. The third kappa shape index (κ3) is 3.13. The van der Waals surface area contributed by atoms with Crippen LogP contribution in [0.1, 0.15) is 23.6 Å². The Balaban J connectivity index is 1.98. The summed E-state index contributed by atoms with van der Waals surface area (Å²) < 4.78 is 0. The molecule has 1 heteroatoms. The molecule has 3 aromatic carbocycles. The van der Waals surface area contributed by atoms with Gasteiger partial charge in [-0.25, -0.2) is 4.98 Å². The molecule has 0 aliphatic carbocycles. The van der Waals surface area contributed by atoms with E-state index in [9.17, 15) is 0 Å². The molecule has 1 aromatic heterocycles. The monoisotopic (exact) mass is 337 g/mol. The molecule has 0 saturated carbocycles. The van der Waals surface area contributed by atoms with Gasteiger partial charge in [0.2, 0.25) is 0 Å². The maximum Gasteiger partial charge on any atom is 0.0715 e. The van der Waals surface area contributed by atoms with Crippen LogP contribution in [0.5, 0.6) is 0 Å². The van der Waals surface area contributed by atoms with Crippen LogP contribution in [0, 0.1) is 13.8 Å². The fraction of sp³-hybridized carbons (Fsp3) is 0.160. The number of aromatic nitrogens is 1. The summed E-state index contributed by atoms with van der Waals surface area (Å²) in [6.45, 7) is 6.43. The first kappa shape index (κ1) is 16.5. The molecule has 0 fully saturated rings. The number of benzene rings is 3. The molecule has 1 heterocycles. The summed E-state index contributed by atoms with van der Waals surface area (Å²) in [6, 6.07) is 26.2. The highest BCUT2D eigenvalue weighted by atomic mass is 14.7. The van der Waals surface area contributed by atoms with Gasteiger partial charge >= 0.3 is 0 Å². The number of nitrogens with zero attached hydrogens (tertiary/aromatic N) is 1. The normalized spacial score (nSPS) is 11.0. The van der Waals surface area contributed by atoms with Crippen LogP contribution in [0.3, 0.4) is 0 Å². The van der Waals surface area contributed by atoms with E-state index >= 15 is 0 Å². The van der Waals surface area contributed by atoms with Gasteiger partial charge in [-0.3, -0.25) is 0 Å². The van der Waals surface area contributed by atoms with Crippen LogP contribution in [-0.4, -0.2) is 4.98 Å². The van der Waals surface area contributed by atoms with E-state index in [1.165, 1.54) is 33.2 Å². The minimum absolute atomic E-state index is 1.03. The van der Waals surface area contributed by atoms with Crippen molar-refractivity contribution in [2.24, 2.45) is 0 Å². The fourth-order valence-corrected chi connectivity index (χ4v) is 3.34. The Labute approximate surface area is 155 Å². The van der Waals surface area contributed by atoms with Crippen molar-refractivity contribution in [2.45, 2.75) is 27.2 Å². The number of fused-ring (bicyclic) bond motifs is 1. The molecule has 26 heavy (non-hydrogen) atoms. The summed E-state index contributed by atoms with van der Waals surface area (Å²) in [5.41, 5.74) is 9.61. The number of hydrogen-bond donors (Lipinski definition) is 0. The minimum atomic E-state index is 1.03. The van der Waals surface area contributed by atoms with Crippen LogP contribution in [-0.2, 0) is 6.42 Å². The van der Waals surface area contributed by atoms with Gasteiger partial charge in [-0.05, 0) is 55.2 Å². The Morgan fingerprint density at radius 3 is 1.92 bits per heavy atom. The average molecular weight is 337 g/mol. The van der Waals surface area contributed by atoms with Crippen molar-refractivity contribution in [3.8, 4) is 22.4 Å². The SMILES string of the molecule is CCc1ccc2nc(-c3ccc(C)cc3)cc(-c3ccc(C)cc3)c2c1. The molecule has 0 spiro atoms. The third-order valence-electron chi connectivity index (χ3n) is 4.99. The molecular weight excluding hydrogens is 314 g/mol. The van der Waals surface area contributed by atoms with Crippen molar-refractivity contribution < 1.29 is 0 Å². The molecular formula is C25H23N. The van der Waals surface area contributed by atoms with Crippen LogP contribution in [0.15, 0.2) is 72.8 Å². The number of rotatable bonds is 3. The summed E-state index contributed by atoms with van der Waals surface area (Å²) >= 11 is 0. The topological polar surface area (TPSA) is 12.9 Å². The van der Waals surface area contributed by atoms with Gasteiger partial charge in [0, 0.05) is 10.9 Å². The molecule has 0 unspecified atom stereocenters. The van der Waals surface area contributed by atoms with Crippen LogP contribution < -0.4 is 0 Å². The smallest absolute Gasteiger partial charge is 0.0715 e. The predicted octanol–water partition coefficient (Wildman–Crippen LogP) is 6.75. The van der Waals surface area contributed by atoms with E-state index < -0.39 is 0 Å². The zero-order chi connectivity index (χ0) is 18.1. The maximum absolute atomic E-state index is 4.95. The summed E-state index contributed by atoms with van der Waals surface area (Å²) in [7, 11) is 0. The number of hydrogen-bond acceptors (Lipinski definition) is 1. The number of aryl methyl sites for hydroxylation is 3. The molecule has 1 nitrogen and oxygen atoms in total. The molecule has 0 bridgehead atoms. The Morgan fingerprint density at radius 2 is 1.31 bits per heavy atom. The summed E-state index contributed by atoms with van der Waals surface area (Å²) in [5.74, 6) is 0. The van der Waals surface area contributed by atoms with Gasteiger partial charge in [0.25, 0.3) is 0 Å². The lowest BCUT2D eigenvalue weighted by Gasteiger charge is -2.12. The molecule has 0 saturated heterocycles. The zero-order valence-corrected chi connectivity index (χ0v) is 15.6. The summed E-state index contributed by atoms with van der Waals surface area (Å²) in [4.78, 5) is 4.95. The van der Waals surface area contributed by atoms with Gasteiger partial charge in [0.15, 0.2) is 0 Å². The highest BCUT2D eigenvalue weighted by molar-refractivity contribution is 5.97. The quantitative estimate of drug-likeness (QED) is 0.403. The lowest BCUT2D eigenvalue weighted by Crippen LogP contribution is -1.92. The van der Waals surface area contributed by atoms with Crippen LogP contribution in [0.4, 0.5) is 0 Å². The molecule has 0 aliphatic heterocycles. The van der Waals surface area contributed by atoms with Crippen LogP contribution >= 0.6 is 0 Å². The van der Waals surface area contributed by atoms with Crippen LogP contribution in [0.2, 0.25) is 0 Å². The van der Waals surface area contributed by atoms with E-state index in [1.807, 2.05) is 0 Å². The van der Waals surface area contributed by atoms with E-state index in [-0.39, 0.29) is 0 Å². The molecule has 0 aliphatic rings. The average Bonchev–Trinajstić information content (AvgIpc) is 2.68. The van der Waals surface area contributed by atoms with Gasteiger partial charge in [-0.1, -0.05) is 72.6 Å². The highest BCUT2D eigenvalue weighted by Gasteiger charge is 2.10. The Morgan fingerprint density at radius 1 is 0.692 bits per heavy atom. The second-order valence-electron chi connectivity index (χ2n) is 6.99. The second kappa shape index (κ2) is 6.76. The van der Waals surface area contributed by atoms with Gasteiger partial charge in [-0.15, -0.1) is 0 Å². The Kier molecular flexibility index (Phi) is 4.30. The first-order chi connectivity index (χ1) is 12.6. The minimum Gasteiger partial charge on any atom is -0.248 e. The highest BCUT2D eigenvalue weighted by Crippen LogP contribution is 2.33. The van der Waals surface area contributed by atoms with Gasteiger partial charge in [-0.2, -0.15) is 0 Å². The van der Waals surface area contributed by atoms with Crippen molar-refractivity contribution in [3.63, 3.8) is 0 Å². The molecule has 128 valence electrons. The molecule has 4 rings (SSSR count). The van der Waals surface area contributed by atoms with Crippen molar-refractivity contribution in [1.82, 2.24) is 4.98 Å². The lowest BCUT2D eigenvalue weighted by molar-refractivity contribution is 1.14. The van der Waals surface area contributed by atoms with Crippen molar-refractivity contribution in [1.29, 1.82) is 0 Å². The summed E-state index contributed by atoms with van der Waals surface area (Å²) in [6.07, 6.45) is 1.03. The second-order valence-corrected chi connectivity index (χ2v) is 6.99. The van der Waals surface area contributed by atoms with E-state index in [2.05, 4.69) is 93.6 Å². The molecule has 0 atom stereocenters. The maximum atomic E-state index is 4.95. The largest absolute Gasteiger partial charge is 0.248 e. The molecule has 0 amide bonds. The van der Waals surface area contributed by atoms with E-state index in [0.29, 0.717) is 0 Å². The van der Waals surface area contributed by atoms with E-state index in [4.69, 9.17) is 4.98 Å². The fourth-order valence-electron chi connectivity index (χ4n) is 3.34.